The quantitative estimate of drug-likeness (QED) is 0.758. The van der Waals surface area contributed by atoms with Crippen molar-refractivity contribution in [2.24, 2.45) is 0 Å². The van der Waals surface area contributed by atoms with Crippen molar-refractivity contribution in [2.75, 3.05) is 26.7 Å². The summed E-state index contributed by atoms with van der Waals surface area (Å²) in [7, 11) is 1.65. The number of piperidine rings is 1. The van der Waals surface area contributed by atoms with Gasteiger partial charge in [0.15, 0.2) is 0 Å². The fourth-order valence-corrected chi connectivity index (χ4v) is 4.75. The van der Waals surface area contributed by atoms with Crippen LogP contribution in [0.2, 0.25) is 0 Å². The van der Waals surface area contributed by atoms with Gasteiger partial charge in [-0.3, -0.25) is 4.79 Å². The predicted molar refractivity (Wildman–Crippen MR) is 100 cm³/mol. The molecule has 6 nitrogen and oxygen atoms in total. The lowest BCUT2D eigenvalue weighted by atomic mass is 9.91. The van der Waals surface area contributed by atoms with Crippen LogP contribution in [0.4, 0.5) is 4.79 Å². The number of hydrogen-bond donors (Lipinski definition) is 0. The summed E-state index contributed by atoms with van der Waals surface area (Å²) < 4.78 is 10.9. The van der Waals surface area contributed by atoms with Crippen molar-refractivity contribution in [1.29, 1.82) is 0 Å². The van der Waals surface area contributed by atoms with E-state index in [1.807, 2.05) is 21.9 Å². The van der Waals surface area contributed by atoms with E-state index in [9.17, 15) is 9.59 Å². The number of carbonyl (C=O) groups excluding carboxylic acids is 2. The Morgan fingerprint density at radius 2 is 2.12 bits per heavy atom. The molecule has 3 rings (SSSR count). The van der Waals surface area contributed by atoms with Crippen molar-refractivity contribution in [3.05, 3.63) is 21.9 Å². The molecule has 3 heterocycles. The maximum absolute atomic E-state index is 12.7. The van der Waals surface area contributed by atoms with E-state index in [0.29, 0.717) is 39.1 Å². The number of rotatable bonds is 6. The summed E-state index contributed by atoms with van der Waals surface area (Å²) in [5, 5.41) is 0. The van der Waals surface area contributed by atoms with Gasteiger partial charge in [-0.05, 0) is 25.5 Å². The molecule has 1 aromatic rings. The first-order chi connectivity index (χ1) is 12.5. The van der Waals surface area contributed by atoms with Crippen LogP contribution in [-0.2, 0) is 16.1 Å². The van der Waals surface area contributed by atoms with Crippen LogP contribution in [-0.4, -0.2) is 60.2 Å². The third kappa shape index (κ3) is 3.88. The number of methoxy groups -OCH3 is 1. The standard InChI is InChI=1S/C19H28N2O4S/c1-4-5-14(2)21-13-19(25-18(21)23)8-10-20(11-9-19)17(22)16-7-6-15(26-16)12-24-3/h6-7,14H,4-5,8-13H2,1-3H3/t14-/m0/s1. The minimum absolute atomic E-state index is 0.0627. The molecule has 0 N–H and O–H groups in total. The van der Waals surface area contributed by atoms with Crippen molar-refractivity contribution in [1.82, 2.24) is 9.80 Å². The molecular weight excluding hydrogens is 352 g/mol. The fraction of sp³-hybridized carbons (Fsp3) is 0.684. The van der Waals surface area contributed by atoms with Crippen molar-refractivity contribution in [3.63, 3.8) is 0 Å². The largest absolute Gasteiger partial charge is 0.441 e. The van der Waals surface area contributed by atoms with Crippen molar-refractivity contribution >= 4 is 23.3 Å². The van der Waals surface area contributed by atoms with Gasteiger partial charge in [-0.1, -0.05) is 13.3 Å². The lowest BCUT2D eigenvalue weighted by molar-refractivity contribution is 0.00321. The van der Waals surface area contributed by atoms with E-state index >= 15 is 0 Å². The Bertz CT molecular complexity index is 652. The Hall–Kier alpha value is -1.60. The van der Waals surface area contributed by atoms with Crippen LogP contribution in [0.3, 0.4) is 0 Å². The van der Waals surface area contributed by atoms with Crippen LogP contribution < -0.4 is 0 Å². The zero-order valence-corrected chi connectivity index (χ0v) is 16.6. The minimum atomic E-state index is -0.424. The first kappa shape index (κ1) is 19.2. The van der Waals surface area contributed by atoms with E-state index in [1.54, 1.807) is 7.11 Å². The molecule has 0 radical (unpaired) electrons. The third-order valence-electron chi connectivity index (χ3n) is 5.36. The van der Waals surface area contributed by atoms with Crippen molar-refractivity contribution in [3.8, 4) is 0 Å². The Morgan fingerprint density at radius 3 is 2.77 bits per heavy atom. The molecule has 1 spiro atoms. The number of hydrogen-bond acceptors (Lipinski definition) is 5. The van der Waals surface area contributed by atoms with Gasteiger partial charge in [-0.2, -0.15) is 0 Å². The second-order valence-electron chi connectivity index (χ2n) is 7.31. The molecule has 0 aromatic carbocycles. The fourth-order valence-electron chi connectivity index (χ4n) is 3.81. The third-order valence-corrected chi connectivity index (χ3v) is 6.40. The molecule has 0 aliphatic carbocycles. The van der Waals surface area contributed by atoms with E-state index in [2.05, 4.69) is 13.8 Å². The lowest BCUT2D eigenvalue weighted by Gasteiger charge is -2.37. The Balaban J connectivity index is 1.58. The number of thiophene rings is 1. The highest BCUT2D eigenvalue weighted by molar-refractivity contribution is 7.14. The molecule has 2 saturated heterocycles. The normalized spacial score (nSPS) is 20.5. The molecular formula is C19H28N2O4S. The number of nitrogens with zero attached hydrogens (tertiary/aromatic N) is 2. The van der Waals surface area contributed by atoms with E-state index in [1.165, 1.54) is 11.3 Å². The van der Waals surface area contributed by atoms with E-state index in [4.69, 9.17) is 9.47 Å². The maximum Gasteiger partial charge on any atom is 0.410 e. The topological polar surface area (TPSA) is 59.1 Å². The molecule has 0 unspecified atom stereocenters. The molecule has 1 aromatic heterocycles. The van der Waals surface area contributed by atoms with Gasteiger partial charge in [0.25, 0.3) is 5.91 Å². The smallest absolute Gasteiger partial charge is 0.410 e. The summed E-state index contributed by atoms with van der Waals surface area (Å²) in [6.07, 6.45) is 3.24. The summed E-state index contributed by atoms with van der Waals surface area (Å²) in [4.78, 5) is 30.5. The average molecular weight is 381 g/mol. The highest BCUT2D eigenvalue weighted by Gasteiger charge is 2.48. The highest BCUT2D eigenvalue weighted by atomic mass is 32.1. The monoisotopic (exact) mass is 380 g/mol. The molecule has 2 amide bonds. The number of ether oxygens (including phenoxy) is 2. The van der Waals surface area contributed by atoms with Gasteiger partial charge in [0.1, 0.15) is 5.60 Å². The minimum Gasteiger partial charge on any atom is -0.441 e. The Kier molecular flexibility index (Phi) is 5.87. The number of carbonyl (C=O) groups is 2. The van der Waals surface area contributed by atoms with Crippen molar-refractivity contribution in [2.45, 2.75) is 57.8 Å². The summed E-state index contributed by atoms with van der Waals surface area (Å²) in [6, 6.07) is 4.02. The first-order valence-electron chi connectivity index (χ1n) is 9.34. The Labute approximate surface area is 159 Å². The summed E-state index contributed by atoms with van der Waals surface area (Å²) in [6.45, 7) is 6.63. The summed E-state index contributed by atoms with van der Waals surface area (Å²) >= 11 is 1.48. The molecule has 0 bridgehead atoms. The summed E-state index contributed by atoms with van der Waals surface area (Å²) in [5.41, 5.74) is -0.424. The van der Waals surface area contributed by atoms with E-state index in [0.717, 1.165) is 22.6 Å². The molecule has 1 atom stereocenters. The molecule has 2 fully saturated rings. The molecule has 26 heavy (non-hydrogen) atoms. The zero-order valence-electron chi connectivity index (χ0n) is 15.8. The van der Waals surface area contributed by atoms with E-state index < -0.39 is 5.60 Å². The maximum atomic E-state index is 12.7. The number of amides is 2. The number of likely N-dealkylation sites (tertiary alicyclic amines) is 1. The summed E-state index contributed by atoms with van der Waals surface area (Å²) in [5.74, 6) is 0.0627. The van der Waals surface area contributed by atoms with Gasteiger partial charge >= 0.3 is 6.09 Å². The first-order valence-corrected chi connectivity index (χ1v) is 10.2. The molecule has 2 aliphatic rings. The van der Waals surface area contributed by atoms with Crippen LogP contribution in [0.25, 0.3) is 0 Å². The van der Waals surface area contributed by atoms with Crippen LogP contribution >= 0.6 is 11.3 Å². The molecule has 7 heteroatoms. The van der Waals surface area contributed by atoms with Gasteiger partial charge in [-0.25, -0.2) is 4.79 Å². The predicted octanol–water partition coefficient (Wildman–Crippen LogP) is 3.51. The van der Waals surface area contributed by atoms with Crippen LogP contribution in [0, 0.1) is 0 Å². The second kappa shape index (κ2) is 7.96. The second-order valence-corrected chi connectivity index (χ2v) is 8.48. The SMILES string of the molecule is CCC[C@H](C)N1CC2(CCN(C(=O)c3ccc(COC)s3)CC2)OC1=O. The lowest BCUT2D eigenvalue weighted by Crippen LogP contribution is -2.49. The van der Waals surface area contributed by atoms with Gasteiger partial charge in [-0.15, -0.1) is 11.3 Å². The average Bonchev–Trinajstić information content (AvgIpc) is 3.21. The molecule has 2 aliphatic heterocycles. The van der Waals surface area contributed by atoms with Gasteiger partial charge in [0.05, 0.1) is 18.0 Å². The van der Waals surface area contributed by atoms with Gasteiger partial charge in [0, 0.05) is 44.0 Å². The van der Waals surface area contributed by atoms with Crippen LogP contribution in [0.5, 0.6) is 0 Å². The molecule has 0 saturated carbocycles. The van der Waals surface area contributed by atoms with Crippen LogP contribution in [0.15, 0.2) is 12.1 Å². The van der Waals surface area contributed by atoms with Crippen molar-refractivity contribution < 1.29 is 19.1 Å². The zero-order chi connectivity index (χ0) is 18.7. The van der Waals surface area contributed by atoms with Gasteiger partial charge in [0.2, 0.25) is 0 Å². The van der Waals surface area contributed by atoms with Gasteiger partial charge < -0.3 is 19.3 Å². The molecule has 144 valence electrons. The highest BCUT2D eigenvalue weighted by Crippen LogP contribution is 2.35. The van der Waals surface area contributed by atoms with E-state index in [-0.39, 0.29) is 18.0 Å². The Morgan fingerprint density at radius 1 is 1.38 bits per heavy atom. The van der Waals surface area contributed by atoms with Crippen LogP contribution in [0.1, 0.15) is 54.1 Å².